The standard InChI is InChI=1S/C33H44BrN3O7/c1-5-8-15-25(39)35-19-24(22-13-11-10-12-14-22)43-32(42)26-27-30(40)37(21(4)20-38)29(33(27)18-23(34)28(26)44-33)31(41)36(16-7-3)17-9-6-2/h5,7,10-14,21,23-24,26-29,38H,1,3,6,8-9,15-20H2,2,4H3,(H,35,39)/t21-,23?,24+,26-,27+,28-,29-,33+/m1/s1. The number of aliphatic hydroxyl groups is 1. The Morgan fingerprint density at radius 1 is 1.27 bits per heavy atom. The molecule has 3 amide bonds. The number of unbranched alkanes of at least 4 members (excludes halogenated alkanes) is 1. The number of ether oxygens (including phenoxy) is 2. The number of allylic oxidation sites excluding steroid dienone is 1. The quantitative estimate of drug-likeness (QED) is 0.157. The summed E-state index contributed by atoms with van der Waals surface area (Å²) < 4.78 is 12.7. The third kappa shape index (κ3) is 6.50. The van der Waals surface area contributed by atoms with Crippen molar-refractivity contribution < 1.29 is 33.8 Å². The summed E-state index contributed by atoms with van der Waals surface area (Å²) in [4.78, 5) is 57.7. The zero-order valence-electron chi connectivity index (χ0n) is 25.5. The molecular formula is C33H44BrN3O7. The molecule has 240 valence electrons. The number of carbonyl (C=O) groups excluding carboxylic acids is 4. The van der Waals surface area contributed by atoms with Crippen LogP contribution in [0.4, 0.5) is 0 Å². The van der Waals surface area contributed by atoms with Crippen molar-refractivity contribution >= 4 is 39.6 Å². The molecule has 11 heteroatoms. The molecule has 2 N–H and O–H groups in total. The van der Waals surface area contributed by atoms with Crippen molar-refractivity contribution in [2.45, 2.75) is 80.7 Å². The van der Waals surface area contributed by atoms with Crippen molar-refractivity contribution in [2.24, 2.45) is 11.8 Å². The largest absolute Gasteiger partial charge is 0.455 e. The van der Waals surface area contributed by atoms with E-state index in [1.165, 1.54) is 4.90 Å². The van der Waals surface area contributed by atoms with Crippen molar-refractivity contribution in [3.8, 4) is 0 Å². The molecule has 44 heavy (non-hydrogen) atoms. The number of nitrogens with one attached hydrogen (secondary N) is 1. The second-order valence-corrected chi connectivity index (χ2v) is 13.0. The summed E-state index contributed by atoms with van der Waals surface area (Å²) in [6.45, 7) is 11.7. The van der Waals surface area contributed by atoms with Gasteiger partial charge < -0.3 is 29.7 Å². The van der Waals surface area contributed by atoms with E-state index in [1.54, 1.807) is 24.0 Å². The molecule has 1 aromatic carbocycles. The fourth-order valence-corrected chi connectivity index (χ4v) is 7.73. The van der Waals surface area contributed by atoms with Crippen LogP contribution in [0.2, 0.25) is 0 Å². The van der Waals surface area contributed by atoms with Crippen LogP contribution in [0.25, 0.3) is 0 Å². The van der Waals surface area contributed by atoms with E-state index in [1.807, 2.05) is 37.3 Å². The van der Waals surface area contributed by atoms with E-state index in [2.05, 4.69) is 34.4 Å². The lowest BCUT2D eigenvalue weighted by Gasteiger charge is -2.38. The Bertz CT molecular complexity index is 1230. The van der Waals surface area contributed by atoms with E-state index in [0.717, 1.165) is 12.8 Å². The predicted molar refractivity (Wildman–Crippen MR) is 168 cm³/mol. The van der Waals surface area contributed by atoms with E-state index in [9.17, 15) is 24.3 Å². The van der Waals surface area contributed by atoms with Gasteiger partial charge in [0.15, 0.2) is 0 Å². The van der Waals surface area contributed by atoms with Gasteiger partial charge in [0.1, 0.15) is 17.7 Å². The molecule has 3 aliphatic heterocycles. The van der Waals surface area contributed by atoms with Gasteiger partial charge in [-0.15, -0.1) is 13.2 Å². The highest BCUT2D eigenvalue weighted by Crippen LogP contribution is 2.60. The molecule has 1 spiro atoms. The van der Waals surface area contributed by atoms with Gasteiger partial charge in [-0.2, -0.15) is 0 Å². The van der Waals surface area contributed by atoms with E-state index >= 15 is 0 Å². The Morgan fingerprint density at radius 2 is 2.00 bits per heavy atom. The van der Waals surface area contributed by atoms with E-state index < -0.39 is 53.6 Å². The van der Waals surface area contributed by atoms with E-state index in [4.69, 9.17) is 9.47 Å². The maximum atomic E-state index is 14.3. The minimum absolute atomic E-state index is 0.0498. The van der Waals surface area contributed by atoms with Gasteiger partial charge in [0.25, 0.3) is 0 Å². The van der Waals surface area contributed by atoms with Crippen LogP contribution >= 0.6 is 15.9 Å². The molecule has 1 unspecified atom stereocenters. The molecule has 10 nitrogen and oxygen atoms in total. The number of amides is 3. The molecule has 3 aliphatic rings. The summed E-state index contributed by atoms with van der Waals surface area (Å²) in [6.07, 6.45) is 4.59. The number of halogens is 1. The topological polar surface area (TPSA) is 125 Å². The highest BCUT2D eigenvalue weighted by atomic mass is 79.9. The molecule has 4 rings (SSSR count). The monoisotopic (exact) mass is 673 g/mol. The average molecular weight is 675 g/mol. The van der Waals surface area contributed by atoms with Gasteiger partial charge in [0.05, 0.1) is 37.1 Å². The number of carbonyl (C=O) groups is 4. The molecule has 3 saturated heterocycles. The lowest BCUT2D eigenvalue weighted by atomic mass is 9.70. The van der Waals surface area contributed by atoms with Crippen LogP contribution in [-0.2, 0) is 28.7 Å². The normalized spacial score (nSPS) is 28.2. The van der Waals surface area contributed by atoms with Crippen molar-refractivity contribution in [3.63, 3.8) is 0 Å². The van der Waals surface area contributed by atoms with Gasteiger partial charge in [-0.05, 0) is 31.7 Å². The van der Waals surface area contributed by atoms with Gasteiger partial charge in [0.2, 0.25) is 17.7 Å². The zero-order valence-corrected chi connectivity index (χ0v) is 27.1. The Balaban J connectivity index is 1.66. The molecule has 0 saturated carbocycles. The molecule has 8 atom stereocenters. The number of fused-ring (bicyclic) bond motifs is 1. The maximum absolute atomic E-state index is 14.3. The van der Waals surface area contributed by atoms with Crippen LogP contribution in [0, 0.1) is 11.8 Å². The number of likely N-dealkylation sites (tertiary alicyclic amines) is 1. The summed E-state index contributed by atoms with van der Waals surface area (Å²) >= 11 is 3.68. The minimum Gasteiger partial charge on any atom is -0.455 e. The minimum atomic E-state index is -1.27. The lowest BCUT2D eigenvalue weighted by molar-refractivity contribution is -0.161. The molecule has 0 radical (unpaired) electrons. The zero-order chi connectivity index (χ0) is 32.0. The number of nitrogens with zero attached hydrogens (tertiary/aromatic N) is 2. The van der Waals surface area contributed by atoms with Crippen LogP contribution in [-0.4, -0.2) is 93.5 Å². The van der Waals surface area contributed by atoms with Gasteiger partial charge >= 0.3 is 5.97 Å². The summed E-state index contributed by atoms with van der Waals surface area (Å²) in [5.41, 5.74) is -0.580. The Labute approximate surface area is 267 Å². The number of rotatable bonds is 16. The predicted octanol–water partition coefficient (Wildman–Crippen LogP) is 3.30. The molecule has 0 aliphatic carbocycles. The number of benzene rings is 1. The van der Waals surface area contributed by atoms with Crippen molar-refractivity contribution in [3.05, 3.63) is 61.2 Å². The summed E-state index contributed by atoms with van der Waals surface area (Å²) in [5, 5.41) is 13.0. The van der Waals surface area contributed by atoms with E-state index in [-0.39, 0.29) is 36.2 Å². The number of hydrogen-bond donors (Lipinski definition) is 2. The highest BCUT2D eigenvalue weighted by Gasteiger charge is 2.77. The molecule has 3 fully saturated rings. The first-order valence-electron chi connectivity index (χ1n) is 15.4. The van der Waals surface area contributed by atoms with Crippen LogP contribution in [0.5, 0.6) is 0 Å². The highest BCUT2D eigenvalue weighted by molar-refractivity contribution is 9.09. The SMILES string of the molecule is C=CCCC(=O)NC[C@H](OC(=O)[C@H]1[C@@H]2O[C@@]3(CC2Br)[C@@H]1C(=O)N([C@H](C)CO)[C@@H]3C(=O)N(CC=C)CCCC)c1ccccc1. The van der Waals surface area contributed by atoms with Gasteiger partial charge in [-0.3, -0.25) is 19.2 Å². The lowest BCUT2D eigenvalue weighted by Crippen LogP contribution is -2.58. The maximum Gasteiger partial charge on any atom is 0.313 e. The van der Waals surface area contributed by atoms with Gasteiger partial charge in [0, 0.05) is 24.3 Å². The average Bonchev–Trinajstić information content (AvgIpc) is 3.62. The van der Waals surface area contributed by atoms with E-state index in [0.29, 0.717) is 31.5 Å². The fraction of sp³-hybridized carbons (Fsp3) is 0.576. The Hall–Kier alpha value is -3.02. The number of aliphatic hydroxyl groups excluding tert-OH is 1. The van der Waals surface area contributed by atoms with Crippen molar-refractivity contribution in [1.29, 1.82) is 0 Å². The molecular weight excluding hydrogens is 630 g/mol. The second-order valence-electron chi connectivity index (χ2n) is 11.8. The Kier molecular flexibility index (Phi) is 11.4. The number of hydrogen-bond acceptors (Lipinski definition) is 7. The number of alkyl halides is 1. The van der Waals surface area contributed by atoms with Crippen molar-refractivity contribution in [1.82, 2.24) is 15.1 Å². The fourth-order valence-electron chi connectivity index (χ4n) is 6.79. The van der Waals surface area contributed by atoms with Crippen LogP contribution in [0.15, 0.2) is 55.6 Å². The first kappa shape index (κ1) is 33.9. The molecule has 1 aromatic rings. The van der Waals surface area contributed by atoms with Crippen LogP contribution < -0.4 is 5.32 Å². The smallest absolute Gasteiger partial charge is 0.313 e. The first-order valence-corrected chi connectivity index (χ1v) is 16.3. The second kappa shape index (κ2) is 14.8. The van der Waals surface area contributed by atoms with Gasteiger partial charge in [-0.1, -0.05) is 71.8 Å². The van der Waals surface area contributed by atoms with Crippen molar-refractivity contribution in [2.75, 3.05) is 26.2 Å². The third-order valence-corrected chi connectivity index (χ3v) is 9.75. The molecule has 0 aromatic heterocycles. The third-order valence-electron chi connectivity index (χ3n) is 8.90. The van der Waals surface area contributed by atoms with Crippen LogP contribution in [0.3, 0.4) is 0 Å². The summed E-state index contributed by atoms with van der Waals surface area (Å²) in [6, 6.07) is 7.40. The van der Waals surface area contributed by atoms with Crippen LogP contribution in [0.1, 0.15) is 57.6 Å². The number of esters is 1. The summed E-state index contributed by atoms with van der Waals surface area (Å²) in [7, 11) is 0. The summed E-state index contributed by atoms with van der Waals surface area (Å²) in [5.74, 6) is -3.47. The molecule has 2 bridgehead atoms. The Morgan fingerprint density at radius 3 is 2.64 bits per heavy atom. The van der Waals surface area contributed by atoms with Gasteiger partial charge in [-0.25, -0.2) is 0 Å². The molecule has 3 heterocycles. The first-order chi connectivity index (χ1) is 21.1.